The number of benzene rings is 2. The number of nitro groups is 1. The van der Waals surface area contributed by atoms with Crippen LogP contribution in [0.5, 0.6) is 5.75 Å². The molecule has 21 heavy (non-hydrogen) atoms. The Morgan fingerprint density at radius 1 is 1.24 bits per heavy atom. The van der Waals surface area contributed by atoms with Crippen LogP contribution in [0.3, 0.4) is 0 Å². The Balaban J connectivity index is 2.21. The fourth-order valence-electron chi connectivity index (χ4n) is 1.67. The lowest BCUT2D eigenvalue weighted by molar-refractivity contribution is -0.384. The molecular weight excluding hydrogens is 281 g/mol. The van der Waals surface area contributed by atoms with Crippen molar-refractivity contribution in [2.24, 2.45) is 0 Å². The van der Waals surface area contributed by atoms with Gasteiger partial charge in [-0.25, -0.2) is 9.18 Å². The second-order valence-corrected chi connectivity index (χ2v) is 4.16. The fraction of sp³-hybridized carbons (Fsp3) is 0.0714. The standard InChI is InChI=1S/C14H10FNO5/c15-10-3-1-9(2-4-10)8-21-13-6-5-11(16(19)20)7-12(13)14(17)18/h1-7H,8H2,(H,17,18). The van der Waals surface area contributed by atoms with Crippen LogP contribution in [-0.4, -0.2) is 16.0 Å². The molecule has 0 saturated heterocycles. The Kier molecular flexibility index (Phi) is 4.13. The maximum Gasteiger partial charge on any atom is 0.339 e. The van der Waals surface area contributed by atoms with Crippen LogP contribution in [-0.2, 0) is 6.61 Å². The highest BCUT2D eigenvalue weighted by Gasteiger charge is 2.17. The number of rotatable bonds is 5. The van der Waals surface area contributed by atoms with E-state index in [1.807, 2.05) is 0 Å². The number of ether oxygens (including phenoxy) is 1. The number of carboxylic acid groups (broad SMARTS) is 1. The average molecular weight is 291 g/mol. The molecule has 2 aromatic rings. The van der Waals surface area contributed by atoms with Crippen molar-refractivity contribution in [1.29, 1.82) is 0 Å². The number of hydrogen-bond acceptors (Lipinski definition) is 4. The Bertz CT molecular complexity index is 684. The fourth-order valence-corrected chi connectivity index (χ4v) is 1.67. The Morgan fingerprint density at radius 3 is 2.48 bits per heavy atom. The summed E-state index contributed by atoms with van der Waals surface area (Å²) in [6, 6.07) is 8.83. The van der Waals surface area contributed by atoms with Gasteiger partial charge in [0.2, 0.25) is 0 Å². The highest BCUT2D eigenvalue weighted by atomic mass is 19.1. The lowest BCUT2D eigenvalue weighted by Gasteiger charge is -2.09. The summed E-state index contributed by atoms with van der Waals surface area (Å²) in [7, 11) is 0. The van der Waals surface area contributed by atoms with Crippen LogP contribution in [0.15, 0.2) is 42.5 Å². The van der Waals surface area contributed by atoms with Crippen LogP contribution in [0.2, 0.25) is 0 Å². The summed E-state index contributed by atoms with van der Waals surface area (Å²) in [6.45, 7) is 0.0262. The molecule has 0 bridgehead atoms. The van der Waals surface area contributed by atoms with Crippen LogP contribution in [0.1, 0.15) is 15.9 Å². The summed E-state index contributed by atoms with van der Waals surface area (Å²) >= 11 is 0. The Labute approximate surface area is 118 Å². The predicted molar refractivity (Wildman–Crippen MR) is 70.8 cm³/mol. The Morgan fingerprint density at radius 2 is 1.90 bits per heavy atom. The van der Waals surface area contributed by atoms with Gasteiger partial charge in [0.25, 0.3) is 5.69 Å². The van der Waals surface area contributed by atoms with Crippen molar-refractivity contribution in [2.45, 2.75) is 6.61 Å². The SMILES string of the molecule is O=C(O)c1cc([N+](=O)[O-])ccc1OCc1ccc(F)cc1. The molecule has 6 nitrogen and oxygen atoms in total. The molecule has 108 valence electrons. The summed E-state index contributed by atoms with van der Waals surface area (Å²) in [6.07, 6.45) is 0. The highest BCUT2D eigenvalue weighted by molar-refractivity contribution is 5.91. The number of nitro benzene ring substituents is 1. The quantitative estimate of drug-likeness (QED) is 0.675. The van der Waals surface area contributed by atoms with E-state index in [2.05, 4.69) is 0 Å². The van der Waals surface area contributed by atoms with E-state index in [4.69, 9.17) is 9.84 Å². The third kappa shape index (κ3) is 3.53. The van der Waals surface area contributed by atoms with Gasteiger partial charge in [-0.1, -0.05) is 12.1 Å². The van der Waals surface area contributed by atoms with Gasteiger partial charge in [0.15, 0.2) is 0 Å². The summed E-state index contributed by atoms with van der Waals surface area (Å²) in [5, 5.41) is 19.7. The first-order chi connectivity index (χ1) is 9.97. The minimum atomic E-state index is -1.33. The third-order valence-electron chi connectivity index (χ3n) is 2.71. The molecule has 0 fully saturated rings. The molecule has 0 radical (unpaired) electrons. The zero-order valence-corrected chi connectivity index (χ0v) is 10.7. The van der Waals surface area contributed by atoms with Gasteiger partial charge in [0.05, 0.1) is 4.92 Å². The van der Waals surface area contributed by atoms with Gasteiger partial charge < -0.3 is 9.84 Å². The van der Waals surface area contributed by atoms with E-state index in [9.17, 15) is 19.3 Å². The second-order valence-electron chi connectivity index (χ2n) is 4.16. The van der Waals surface area contributed by atoms with Gasteiger partial charge in [-0.2, -0.15) is 0 Å². The van der Waals surface area contributed by atoms with E-state index in [1.165, 1.54) is 30.3 Å². The largest absolute Gasteiger partial charge is 0.488 e. The van der Waals surface area contributed by atoms with Gasteiger partial charge in [-0.3, -0.25) is 10.1 Å². The summed E-state index contributed by atoms with van der Waals surface area (Å²) in [5.41, 5.74) is 0.0129. The van der Waals surface area contributed by atoms with Gasteiger partial charge >= 0.3 is 5.97 Å². The first-order valence-electron chi connectivity index (χ1n) is 5.86. The number of carboxylic acids is 1. The lowest BCUT2D eigenvalue weighted by Crippen LogP contribution is -2.04. The van der Waals surface area contributed by atoms with Crippen LogP contribution in [0, 0.1) is 15.9 Å². The van der Waals surface area contributed by atoms with Crippen LogP contribution >= 0.6 is 0 Å². The topological polar surface area (TPSA) is 89.7 Å². The molecule has 0 spiro atoms. The molecule has 0 amide bonds. The van der Waals surface area contributed by atoms with Crippen LogP contribution in [0.4, 0.5) is 10.1 Å². The zero-order valence-electron chi connectivity index (χ0n) is 10.7. The number of hydrogen-bond donors (Lipinski definition) is 1. The molecule has 0 aliphatic heterocycles. The maximum atomic E-state index is 12.8. The first-order valence-corrected chi connectivity index (χ1v) is 5.86. The Hall–Kier alpha value is -2.96. The summed E-state index contributed by atoms with van der Waals surface area (Å²) in [5.74, 6) is -1.70. The number of aromatic carboxylic acids is 1. The minimum absolute atomic E-state index is 0.0115. The molecule has 0 heterocycles. The van der Waals surface area contributed by atoms with Gasteiger partial charge in [0.1, 0.15) is 23.7 Å². The minimum Gasteiger partial charge on any atom is -0.488 e. The molecule has 1 N–H and O–H groups in total. The van der Waals surface area contributed by atoms with Gasteiger partial charge in [-0.15, -0.1) is 0 Å². The second kappa shape index (κ2) is 6.00. The van der Waals surface area contributed by atoms with E-state index in [-0.39, 0.29) is 29.4 Å². The third-order valence-corrected chi connectivity index (χ3v) is 2.71. The van der Waals surface area contributed by atoms with E-state index in [0.717, 1.165) is 12.1 Å². The van der Waals surface area contributed by atoms with E-state index in [0.29, 0.717) is 5.56 Å². The van der Waals surface area contributed by atoms with Crippen molar-refractivity contribution in [3.8, 4) is 5.75 Å². The molecule has 7 heteroatoms. The maximum absolute atomic E-state index is 12.8. The molecule has 0 atom stereocenters. The van der Waals surface area contributed by atoms with Gasteiger partial charge in [-0.05, 0) is 23.8 Å². The smallest absolute Gasteiger partial charge is 0.339 e. The summed E-state index contributed by atoms with van der Waals surface area (Å²) < 4.78 is 18.1. The van der Waals surface area contributed by atoms with Crippen LogP contribution < -0.4 is 4.74 Å². The van der Waals surface area contributed by atoms with Crippen molar-refractivity contribution < 1.29 is 24.0 Å². The molecule has 2 aromatic carbocycles. The van der Waals surface area contributed by atoms with Crippen molar-refractivity contribution in [3.05, 3.63) is 69.5 Å². The molecule has 0 aromatic heterocycles. The van der Waals surface area contributed by atoms with E-state index < -0.39 is 10.9 Å². The molecule has 0 saturated carbocycles. The molecule has 0 aliphatic carbocycles. The number of nitrogens with zero attached hydrogens (tertiary/aromatic N) is 1. The monoisotopic (exact) mass is 291 g/mol. The molecule has 0 aliphatic rings. The normalized spacial score (nSPS) is 10.1. The molecule has 0 unspecified atom stereocenters. The number of carbonyl (C=O) groups is 1. The van der Waals surface area contributed by atoms with Crippen molar-refractivity contribution in [2.75, 3.05) is 0 Å². The molecular formula is C14H10FNO5. The molecule has 2 rings (SSSR count). The highest BCUT2D eigenvalue weighted by Crippen LogP contribution is 2.25. The van der Waals surface area contributed by atoms with Crippen molar-refractivity contribution >= 4 is 11.7 Å². The number of halogens is 1. The van der Waals surface area contributed by atoms with Crippen molar-refractivity contribution in [3.63, 3.8) is 0 Å². The number of non-ortho nitro benzene ring substituents is 1. The van der Waals surface area contributed by atoms with Crippen LogP contribution in [0.25, 0.3) is 0 Å². The van der Waals surface area contributed by atoms with E-state index in [1.54, 1.807) is 0 Å². The first kappa shape index (κ1) is 14.4. The lowest BCUT2D eigenvalue weighted by atomic mass is 10.1. The van der Waals surface area contributed by atoms with Gasteiger partial charge in [0, 0.05) is 12.1 Å². The predicted octanol–water partition coefficient (Wildman–Crippen LogP) is 3.01. The van der Waals surface area contributed by atoms with E-state index >= 15 is 0 Å². The van der Waals surface area contributed by atoms with Crippen molar-refractivity contribution in [1.82, 2.24) is 0 Å². The summed E-state index contributed by atoms with van der Waals surface area (Å²) in [4.78, 5) is 21.1. The zero-order chi connectivity index (χ0) is 15.4. The average Bonchev–Trinajstić information content (AvgIpc) is 2.46.